The minimum absolute atomic E-state index is 0.0534. The summed E-state index contributed by atoms with van der Waals surface area (Å²) < 4.78 is 2.21. The number of hydrogen-bond donors (Lipinski definition) is 1. The molecule has 0 spiro atoms. The zero-order valence-corrected chi connectivity index (χ0v) is 14.7. The molecular weight excluding hydrogens is 326 g/mol. The Morgan fingerprint density at radius 2 is 1.81 bits per heavy atom. The lowest BCUT2D eigenvalue weighted by atomic mass is 10.1. The highest BCUT2D eigenvalue weighted by Gasteiger charge is 2.21. The van der Waals surface area contributed by atoms with E-state index in [4.69, 9.17) is 0 Å². The summed E-state index contributed by atoms with van der Waals surface area (Å²) in [7, 11) is 0. The molecule has 0 saturated heterocycles. The summed E-state index contributed by atoms with van der Waals surface area (Å²) in [6.07, 6.45) is 0. The van der Waals surface area contributed by atoms with E-state index in [9.17, 15) is 4.79 Å². The van der Waals surface area contributed by atoms with Crippen LogP contribution in [0.25, 0.3) is 11.4 Å². The molecule has 132 valence electrons. The van der Waals surface area contributed by atoms with Gasteiger partial charge in [-0.05, 0) is 17.7 Å². The topological polar surface area (TPSA) is 63.1 Å². The minimum atomic E-state index is -0.0534. The lowest BCUT2D eigenvalue weighted by molar-refractivity contribution is -0.114. The van der Waals surface area contributed by atoms with Gasteiger partial charge in [-0.3, -0.25) is 9.69 Å². The Balaban J connectivity index is 1.44. The van der Waals surface area contributed by atoms with Gasteiger partial charge in [-0.1, -0.05) is 42.5 Å². The molecule has 1 aromatic heterocycles. The summed E-state index contributed by atoms with van der Waals surface area (Å²) in [6.45, 7) is 5.00. The van der Waals surface area contributed by atoms with Gasteiger partial charge in [0.1, 0.15) is 5.82 Å². The number of carbonyl (C=O) groups is 1. The van der Waals surface area contributed by atoms with Crippen LogP contribution >= 0.6 is 0 Å². The van der Waals surface area contributed by atoms with E-state index in [1.165, 1.54) is 12.5 Å². The van der Waals surface area contributed by atoms with E-state index >= 15 is 0 Å². The number of hydrogen-bond acceptors (Lipinski definition) is 4. The third kappa shape index (κ3) is 3.50. The first kappa shape index (κ1) is 16.5. The highest BCUT2D eigenvalue weighted by Crippen LogP contribution is 2.22. The van der Waals surface area contributed by atoms with E-state index in [0.29, 0.717) is 0 Å². The number of amides is 1. The molecule has 0 saturated carbocycles. The van der Waals surface area contributed by atoms with Crippen molar-refractivity contribution in [3.63, 3.8) is 0 Å². The fourth-order valence-electron chi connectivity index (χ4n) is 3.30. The van der Waals surface area contributed by atoms with Crippen LogP contribution in [0.4, 0.5) is 5.69 Å². The number of anilines is 1. The molecule has 26 heavy (non-hydrogen) atoms. The van der Waals surface area contributed by atoms with Gasteiger partial charge < -0.3 is 9.88 Å². The number of rotatable bonds is 4. The number of aromatic nitrogens is 3. The third-order valence-corrected chi connectivity index (χ3v) is 4.54. The molecule has 0 aliphatic carbocycles. The summed E-state index contributed by atoms with van der Waals surface area (Å²) in [5.41, 5.74) is 3.15. The van der Waals surface area contributed by atoms with Gasteiger partial charge in [0.05, 0.1) is 6.54 Å². The molecule has 2 heterocycles. The molecule has 6 heteroatoms. The maximum absolute atomic E-state index is 11.1. The second kappa shape index (κ2) is 7.09. The molecule has 3 aromatic rings. The molecule has 4 rings (SSSR count). The molecule has 1 aliphatic rings. The second-order valence-corrected chi connectivity index (χ2v) is 6.55. The maximum Gasteiger partial charge on any atom is 0.221 e. The zero-order chi connectivity index (χ0) is 17.9. The van der Waals surface area contributed by atoms with E-state index in [2.05, 4.69) is 49.2 Å². The molecule has 1 amide bonds. The largest absolute Gasteiger partial charge is 0.326 e. The van der Waals surface area contributed by atoms with E-state index in [-0.39, 0.29) is 5.91 Å². The molecule has 0 radical (unpaired) electrons. The van der Waals surface area contributed by atoms with Gasteiger partial charge >= 0.3 is 0 Å². The lowest BCUT2D eigenvalue weighted by Crippen LogP contribution is -2.33. The van der Waals surface area contributed by atoms with Crippen LogP contribution in [-0.4, -0.2) is 32.1 Å². The standard InChI is InChI=1S/C20H21N5O/c1-15(26)21-18-9-7-16(8-10-18)13-24-11-12-25-19(14-24)22-23-20(25)17-5-3-2-4-6-17/h2-10H,11-14H2,1H3,(H,21,26). The van der Waals surface area contributed by atoms with Gasteiger partial charge in [0.15, 0.2) is 5.82 Å². The first-order chi connectivity index (χ1) is 12.7. The Morgan fingerprint density at radius 1 is 1.04 bits per heavy atom. The minimum Gasteiger partial charge on any atom is -0.326 e. The van der Waals surface area contributed by atoms with Crippen LogP contribution in [0.5, 0.6) is 0 Å². The Labute approximate surface area is 152 Å². The van der Waals surface area contributed by atoms with Gasteiger partial charge in [-0.15, -0.1) is 10.2 Å². The Kier molecular flexibility index (Phi) is 4.50. The number of fused-ring (bicyclic) bond motifs is 1. The van der Waals surface area contributed by atoms with Crippen molar-refractivity contribution in [2.75, 3.05) is 11.9 Å². The second-order valence-electron chi connectivity index (χ2n) is 6.55. The fourth-order valence-corrected chi connectivity index (χ4v) is 3.30. The molecule has 1 N–H and O–H groups in total. The van der Waals surface area contributed by atoms with E-state index in [1.54, 1.807) is 0 Å². The van der Waals surface area contributed by atoms with Crippen molar-refractivity contribution in [3.8, 4) is 11.4 Å². The monoisotopic (exact) mass is 347 g/mol. The molecule has 6 nitrogen and oxygen atoms in total. The number of nitrogens with zero attached hydrogens (tertiary/aromatic N) is 4. The Hall–Kier alpha value is -2.99. The summed E-state index contributed by atoms with van der Waals surface area (Å²) in [5, 5.41) is 11.6. The lowest BCUT2D eigenvalue weighted by Gasteiger charge is -2.27. The summed E-state index contributed by atoms with van der Waals surface area (Å²) in [4.78, 5) is 13.5. The van der Waals surface area contributed by atoms with Crippen LogP contribution in [0.3, 0.4) is 0 Å². The molecule has 0 bridgehead atoms. The van der Waals surface area contributed by atoms with Gasteiger partial charge in [-0.25, -0.2) is 0 Å². The first-order valence-electron chi connectivity index (χ1n) is 8.75. The van der Waals surface area contributed by atoms with Crippen molar-refractivity contribution >= 4 is 11.6 Å². The van der Waals surface area contributed by atoms with Crippen LogP contribution in [-0.2, 0) is 24.4 Å². The van der Waals surface area contributed by atoms with Crippen molar-refractivity contribution < 1.29 is 4.79 Å². The van der Waals surface area contributed by atoms with Crippen LogP contribution < -0.4 is 5.32 Å². The number of carbonyl (C=O) groups excluding carboxylic acids is 1. The summed E-state index contributed by atoms with van der Waals surface area (Å²) in [5.74, 6) is 1.90. The van der Waals surface area contributed by atoms with Crippen LogP contribution in [0, 0.1) is 0 Å². The predicted octanol–water partition coefficient (Wildman–Crippen LogP) is 2.92. The number of benzene rings is 2. The van der Waals surface area contributed by atoms with Gasteiger partial charge in [0, 0.05) is 37.8 Å². The SMILES string of the molecule is CC(=O)Nc1ccc(CN2CCn3c(nnc3-c3ccccc3)C2)cc1. The molecule has 2 aromatic carbocycles. The van der Waals surface area contributed by atoms with Crippen LogP contribution in [0.2, 0.25) is 0 Å². The molecule has 0 fully saturated rings. The average molecular weight is 347 g/mol. The molecule has 1 aliphatic heterocycles. The fraction of sp³-hybridized carbons (Fsp3) is 0.250. The van der Waals surface area contributed by atoms with E-state index in [0.717, 1.165) is 49.1 Å². The van der Waals surface area contributed by atoms with Crippen LogP contribution in [0.15, 0.2) is 54.6 Å². The van der Waals surface area contributed by atoms with Gasteiger partial charge in [0.2, 0.25) is 5.91 Å². The van der Waals surface area contributed by atoms with Crippen molar-refractivity contribution in [3.05, 3.63) is 66.0 Å². The molecule has 0 atom stereocenters. The Morgan fingerprint density at radius 3 is 2.54 bits per heavy atom. The summed E-state index contributed by atoms with van der Waals surface area (Å²) in [6, 6.07) is 18.2. The van der Waals surface area contributed by atoms with Crippen LogP contribution in [0.1, 0.15) is 18.3 Å². The predicted molar refractivity (Wildman–Crippen MR) is 100 cm³/mol. The van der Waals surface area contributed by atoms with Crippen molar-refractivity contribution in [2.45, 2.75) is 26.6 Å². The van der Waals surface area contributed by atoms with E-state index in [1.807, 2.05) is 30.3 Å². The normalized spacial score (nSPS) is 14.0. The quantitative estimate of drug-likeness (QED) is 0.788. The molecular formula is C20H21N5O. The third-order valence-electron chi connectivity index (χ3n) is 4.54. The van der Waals surface area contributed by atoms with Gasteiger partial charge in [0.25, 0.3) is 0 Å². The smallest absolute Gasteiger partial charge is 0.221 e. The van der Waals surface area contributed by atoms with Crippen molar-refractivity contribution in [2.24, 2.45) is 0 Å². The maximum atomic E-state index is 11.1. The Bertz CT molecular complexity index is 902. The molecule has 0 unspecified atom stereocenters. The highest BCUT2D eigenvalue weighted by atomic mass is 16.1. The summed E-state index contributed by atoms with van der Waals surface area (Å²) >= 11 is 0. The number of nitrogens with one attached hydrogen (secondary N) is 1. The van der Waals surface area contributed by atoms with Crippen molar-refractivity contribution in [1.29, 1.82) is 0 Å². The zero-order valence-electron chi connectivity index (χ0n) is 14.7. The van der Waals surface area contributed by atoms with E-state index < -0.39 is 0 Å². The first-order valence-corrected chi connectivity index (χ1v) is 8.75. The highest BCUT2D eigenvalue weighted by molar-refractivity contribution is 5.88. The van der Waals surface area contributed by atoms with Crippen molar-refractivity contribution in [1.82, 2.24) is 19.7 Å². The van der Waals surface area contributed by atoms with Gasteiger partial charge in [-0.2, -0.15) is 0 Å². The average Bonchev–Trinajstić information content (AvgIpc) is 3.07.